The molecule has 1 atom stereocenters. The second-order valence-corrected chi connectivity index (χ2v) is 6.81. The molecular formula is C19H26N4O2. The zero-order valence-corrected chi connectivity index (χ0v) is 14.9. The zero-order chi connectivity index (χ0) is 17.6. The third-order valence-electron chi connectivity index (χ3n) is 4.80. The molecule has 6 heteroatoms. The van der Waals surface area contributed by atoms with Crippen molar-refractivity contribution in [3.63, 3.8) is 0 Å². The van der Waals surface area contributed by atoms with Gasteiger partial charge in [0.15, 0.2) is 5.82 Å². The minimum Gasteiger partial charge on any atom is -0.334 e. The molecule has 1 aromatic carbocycles. The number of aromatic nitrogens is 2. The molecule has 0 aliphatic heterocycles. The molecule has 3 rings (SSSR count). The van der Waals surface area contributed by atoms with Crippen molar-refractivity contribution < 1.29 is 9.32 Å². The van der Waals surface area contributed by atoms with E-state index in [-0.39, 0.29) is 17.9 Å². The maximum absolute atomic E-state index is 12.4. The summed E-state index contributed by atoms with van der Waals surface area (Å²) in [4.78, 5) is 16.9. The highest BCUT2D eigenvalue weighted by atomic mass is 16.5. The summed E-state index contributed by atoms with van der Waals surface area (Å²) in [6.07, 6.45) is 6.22. The van der Waals surface area contributed by atoms with E-state index < -0.39 is 0 Å². The number of anilines is 1. The highest BCUT2D eigenvalue weighted by molar-refractivity contribution is 5.93. The van der Waals surface area contributed by atoms with E-state index in [2.05, 4.69) is 27.7 Å². The van der Waals surface area contributed by atoms with Crippen LogP contribution < -0.4 is 10.6 Å². The number of hydrogen-bond donors (Lipinski definition) is 2. The molecule has 0 radical (unpaired) electrons. The number of nitrogens with one attached hydrogen (secondary N) is 2. The molecule has 25 heavy (non-hydrogen) atoms. The second kappa shape index (κ2) is 8.25. The van der Waals surface area contributed by atoms with Crippen LogP contribution in [0.1, 0.15) is 44.9 Å². The number of benzene rings is 1. The van der Waals surface area contributed by atoms with Gasteiger partial charge in [0, 0.05) is 29.6 Å². The van der Waals surface area contributed by atoms with Crippen molar-refractivity contribution in [1.82, 2.24) is 15.5 Å². The average Bonchev–Trinajstić information content (AvgIpc) is 3.11. The van der Waals surface area contributed by atoms with E-state index in [1.54, 1.807) is 0 Å². The van der Waals surface area contributed by atoms with E-state index in [1.165, 1.54) is 6.42 Å². The third-order valence-corrected chi connectivity index (χ3v) is 4.80. The van der Waals surface area contributed by atoms with E-state index in [1.807, 2.05) is 31.3 Å². The molecule has 2 N–H and O–H groups in total. The standard InChI is InChI=1S/C19H26N4O2/c1-13(20-2)11-17-22-19(25-23-17)15-9-6-10-16(12-15)21-18(24)14-7-4-3-5-8-14/h6,9-10,12-14,20H,3-5,7-8,11H2,1-2H3,(H,21,24). The van der Waals surface area contributed by atoms with Crippen LogP contribution in [0.5, 0.6) is 0 Å². The van der Waals surface area contributed by atoms with E-state index in [0.717, 1.165) is 36.9 Å². The summed E-state index contributed by atoms with van der Waals surface area (Å²) in [7, 11) is 1.91. The van der Waals surface area contributed by atoms with Crippen LogP contribution in [0.15, 0.2) is 28.8 Å². The molecule has 0 spiro atoms. The first-order chi connectivity index (χ1) is 12.2. The first-order valence-corrected chi connectivity index (χ1v) is 9.07. The predicted molar refractivity (Wildman–Crippen MR) is 97.2 cm³/mol. The van der Waals surface area contributed by atoms with Crippen LogP contribution in [0, 0.1) is 5.92 Å². The minimum absolute atomic E-state index is 0.117. The summed E-state index contributed by atoms with van der Waals surface area (Å²) >= 11 is 0. The lowest BCUT2D eigenvalue weighted by Crippen LogP contribution is -2.24. The number of rotatable bonds is 6. The quantitative estimate of drug-likeness (QED) is 0.841. The molecule has 1 aromatic heterocycles. The highest BCUT2D eigenvalue weighted by Crippen LogP contribution is 2.26. The average molecular weight is 342 g/mol. The molecule has 1 aliphatic rings. The van der Waals surface area contributed by atoms with E-state index in [9.17, 15) is 4.79 Å². The van der Waals surface area contributed by atoms with Crippen LogP contribution in [-0.4, -0.2) is 29.1 Å². The fourth-order valence-electron chi connectivity index (χ4n) is 3.17. The van der Waals surface area contributed by atoms with Crippen LogP contribution in [0.2, 0.25) is 0 Å². The Morgan fingerprint density at radius 1 is 1.32 bits per heavy atom. The van der Waals surface area contributed by atoms with Crippen molar-refractivity contribution in [2.45, 2.75) is 51.5 Å². The SMILES string of the molecule is CNC(C)Cc1noc(-c2cccc(NC(=O)C3CCCCC3)c2)n1. The number of nitrogens with zero attached hydrogens (tertiary/aromatic N) is 2. The molecule has 0 bridgehead atoms. The van der Waals surface area contributed by atoms with Gasteiger partial charge in [-0.2, -0.15) is 4.98 Å². The van der Waals surface area contributed by atoms with Gasteiger partial charge in [0.1, 0.15) is 0 Å². The normalized spacial score (nSPS) is 16.6. The largest absolute Gasteiger partial charge is 0.334 e. The molecule has 1 aliphatic carbocycles. The Kier molecular flexibility index (Phi) is 5.81. The Morgan fingerprint density at radius 3 is 2.88 bits per heavy atom. The zero-order valence-electron chi connectivity index (χ0n) is 14.9. The smallest absolute Gasteiger partial charge is 0.257 e. The van der Waals surface area contributed by atoms with Gasteiger partial charge in [-0.05, 0) is 45.0 Å². The van der Waals surface area contributed by atoms with E-state index in [4.69, 9.17) is 4.52 Å². The van der Waals surface area contributed by atoms with Gasteiger partial charge >= 0.3 is 0 Å². The predicted octanol–water partition coefficient (Wildman–Crippen LogP) is 3.41. The Hall–Kier alpha value is -2.21. The van der Waals surface area contributed by atoms with Crippen molar-refractivity contribution in [3.05, 3.63) is 30.1 Å². The van der Waals surface area contributed by atoms with Crippen LogP contribution in [0.25, 0.3) is 11.5 Å². The first-order valence-electron chi connectivity index (χ1n) is 9.07. The van der Waals surface area contributed by atoms with Gasteiger partial charge in [-0.15, -0.1) is 0 Å². The monoisotopic (exact) mass is 342 g/mol. The maximum atomic E-state index is 12.4. The highest BCUT2D eigenvalue weighted by Gasteiger charge is 2.21. The van der Waals surface area contributed by atoms with Gasteiger partial charge in [-0.3, -0.25) is 4.79 Å². The minimum atomic E-state index is 0.117. The van der Waals surface area contributed by atoms with Crippen molar-refractivity contribution in [2.75, 3.05) is 12.4 Å². The summed E-state index contributed by atoms with van der Waals surface area (Å²) in [5, 5.41) is 10.2. The van der Waals surface area contributed by atoms with Crippen LogP contribution in [0.3, 0.4) is 0 Å². The Morgan fingerprint density at radius 2 is 2.12 bits per heavy atom. The molecule has 0 saturated heterocycles. The lowest BCUT2D eigenvalue weighted by atomic mass is 9.88. The fourth-order valence-corrected chi connectivity index (χ4v) is 3.17. The summed E-state index contributed by atoms with van der Waals surface area (Å²) in [6, 6.07) is 7.87. The van der Waals surface area contributed by atoms with Crippen molar-refractivity contribution in [1.29, 1.82) is 0 Å². The number of amides is 1. The molecule has 2 aromatic rings. The maximum Gasteiger partial charge on any atom is 0.257 e. The molecule has 6 nitrogen and oxygen atoms in total. The van der Waals surface area contributed by atoms with Gasteiger partial charge < -0.3 is 15.2 Å². The number of likely N-dealkylation sites (N-methyl/N-ethyl adjacent to an activating group) is 1. The Balaban J connectivity index is 1.67. The second-order valence-electron chi connectivity index (χ2n) is 6.81. The van der Waals surface area contributed by atoms with Gasteiger partial charge in [-0.25, -0.2) is 0 Å². The molecule has 1 saturated carbocycles. The molecule has 1 heterocycles. The van der Waals surface area contributed by atoms with E-state index >= 15 is 0 Å². The van der Waals surface area contributed by atoms with Crippen molar-refractivity contribution in [2.24, 2.45) is 5.92 Å². The van der Waals surface area contributed by atoms with Crippen LogP contribution >= 0.6 is 0 Å². The van der Waals surface area contributed by atoms with Crippen molar-refractivity contribution >= 4 is 11.6 Å². The first kappa shape index (κ1) is 17.6. The summed E-state index contributed by atoms with van der Waals surface area (Å²) < 4.78 is 5.37. The molecule has 1 amide bonds. The summed E-state index contributed by atoms with van der Waals surface area (Å²) in [6.45, 7) is 2.07. The van der Waals surface area contributed by atoms with Gasteiger partial charge in [0.05, 0.1) is 0 Å². The Labute approximate surface area is 148 Å². The van der Waals surface area contributed by atoms with Crippen LogP contribution in [0.4, 0.5) is 5.69 Å². The summed E-state index contributed by atoms with van der Waals surface area (Å²) in [5.74, 6) is 1.40. The van der Waals surface area contributed by atoms with E-state index in [0.29, 0.717) is 18.1 Å². The topological polar surface area (TPSA) is 80.0 Å². The van der Waals surface area contributed by atoms with Gasteiger partial charge in [-0.1, -0.05) is 30.5 Å². The number of carbonyl (C=O) groups excluding carboxylic acids is 1. The fraction of sp³-hybridized carbons (Fsp3) is 0.526. The van der Waals surface area contributed by atoms with Crippen molar-refractivity contribution in [3.8, 4) is 11.5 Å². The molecular weight excluding hydrogens is 316 g/mol. The van der Waals surface area contributed by atoms with Crippen LogP contribution in [-0.2, 0) is 11.2 Å². The lowest BCUT2D eigenvalue weighted by Gasteiger charge is -2.20. The molecule has 1 unspecified atom stereocenters. The lowest BCUT2D eigenvalue weighted by molar-refractivity contribution is -0.120. The molecule has 134 valence electrons. The third kappa shape index (κ3) is 4.66. The summed E-state index contributed by atoms with van der Waals surface area (Å²) in [5.41, 5.74) is 1.59. The molecule has 1 fully saturated rings. The van der Waals surface area contributed by atoms with Gasteiger partial charge in [0.25, 0.3) is 5.89 Å². The van der Waals surface area contributed by atoms with Gasteiger partial charge in [0.2, 0.25) is 5.91 Å². The number of hydrogen-bond acceptors (Lipinski definition) is 5. The number of carbonyl (C=O) groups is 1. The Bertz CT molecular complexity index is 707.